The first kappa shape index (κ1) is 13.9. The first-order valence-corrected chi connectivity index (χ1v) is 7.22. The fraction of sp³-hybridized carbons (Fsp3) is 0.154. The number of thiophene rings is 1. The van der Waals surface area contributed by atoms with Gasteiger partial charge < -0.3 is 15.8 Å². The molecule has 0 aliphatic rings. The molecular formula is C13H13BrN2O2S. The number of hydrogen-bond acceptors (Lipinski definition) is 4. The van der Waals surface area contributed by atoms with Gasteiger partial charge in [-0.05, 0) is 34.1 Å². The molecule has 6 heteroatoms. The number of nitrogen functional groups attached to an aromatic ring is 1. The monoisotopic (exact) mass is 340 g/mol. The van der Waals surface area contributed by atoms with Gasteiger partial charge in [-0.2, -0.15) is 0 Å². The minimum absolute atomic E-state index is 0.200. The highest BCUT2D eigenvalue weighted by Crippen LogP contribution is 2.26. The highest BCUT2D eigenvalue weighted by Gasteiger charge is 2.14. The number of carbonyl (C=O) groups excluding carboxylic acids is 1. The fourth-order valence-electron chi connectivity index (χ4n) is 1.67. The Morgan fingerprint density at radius 3 is 2.95 bits per heavy atom. The molecule has 1 amide bonds. The Bertz CT molecular complexity index is 598. The van der Waals surface area contributed by atoms with Gasteiger partial charge in [0.1, 0.15) is 0 Å². The Kier molecular flexibility index (Phi) is 4.44. The van der Waals surface area contributed by atoms with Gasteiger partial charge in [-0.3, -0.25) is 4.79 Å². The van der Waals surface area contributed by atoms with Crippen LogP contribution in [0, 0.1) is 0 Å². The quantitative estimate of drug-likeness (QED) is 0.840. The third-order valence-electron chi connectivity index (χ3n) is 2.54. The highest BCUT2D eigenvalue weighted by molar-refractivity contribution is 9.10. The zero-order valence-electron chi connectivity index (χ0n) is 10.3. The number of rotatable bonds is 4. The van der Waals surface area contributed by atoms with Gasteiger partial charge in [0.2, 0.25) is 0 Å². The number of para-hydroxylation sites is 1. The summed E-state index contributed by atoms with van der Waals surface area (Å²) >= 11 is 4.96. The lowest BCUT2D eigenvalue weighted by Crippen LogP contribution is -2.23. The number of carbonyl (C=O) groups is 1. The molecule has 0 unspecified atom stereocenters. The normalized spacial score (nSPS) is 10.2. The standard InChI is InChI=1S/C13H13BrN2O2S/c1-18-12-10(3-2-4-11(12)15)13(17)16-6-9-5-8(14)7-19-9/h2-5,7H,6,15H2,1H3,(H,16,17). The number of nitrogens with one attached hydrogen (secondary N) is 1. The second-order valence-corrected chi connectivity index (χ2v) is 5.75. The molecule has 0 saturated carbocycles. The highest BCUT2D eigenvalue weighted by atomic mass is 79.9. The van der Waals surface area contributed by atoms with Gasteiger partial charge in [-0.1, -0.05) is 6.07 Å². The van der Waals surface area contributed by atoms with E-state index in [1.54, 1.807) is 29.5 Å². The molecule has 1 heterocycles. The molecule has 19 heavy (non-hydrogen) atoms. The fourth-order valence-corrected chi connectivity index (χ4v) is 3.06. The van der Waals surface area contributed by atoms with Gasteiger partial charge in [0.25, 0.3) is 5.91 Å². The maximum absolute atomic E-state index is 12.1. The van der Waals surface area contributed by atoms with Crippen LogP contribution in [0.5, 0.6) is 5.75 Å². The number of benzene rings is 1. The third kappa shape index (κ3) is 3.27. The molecule has 0 aliphatic heterocycles. The average molecular weight is 341 g/mol. The van der Waals surface area contributed by atoms with Crippen molar-refractivity contribution in [2.45, 2.75) is 6.54 Å². The van der Waals surface area contributed by atoms with Gasteiger partial charge in [0.15, 0.2) is 5.75 Å². The summed E-state index contributed by atoms with van der Waals surface area (Å²) in [6.07, 6.45) is 0. The van der Waals surface area contributed by atoms with E-state index in [1.165, 1.54) is 7.11 Å². The van der Waals surface area contributed by atoms with Crippen LogP contribution in [0.4, 0.5) is 5.69 Å². The van der Waals surface area contributed by atoms with Crippen LogP contribution in [0.1, 0.15) is 15.2 Å². The number of amides is 1. The smallest absolute Gasteiger partial charge is 0.255 e. The summed E-state index contributed by atoms with van der Waals surface area (Å²) in [5.41, 5.74) is 6.67. The van der Waals surface area contributed by atoms with E-state index in [0.29, 0.717) is 23.5 Å². The molecule has 0 atom stereocenters. The minimum Gasteiger partial charge on any atom is -0.494 e. The Hall–Kier alpha value is -1.53. The number of halogens is 1. The van der Waals surface area contributed by atoms with E-state index in [4.69, 9.17) is 10.5 Å². The second kappa shape index (κ2) is 6.08. The lowest BCUT2D eigenvalue weighted by atomic mass is 10.1. The van der Waals surface area contributed by atoms with E-state index in [0.717, 1.165) is 9.35 Å². The number of nitrogens with two attached hydrogens (primary N) is 1. The average Bonchev–Trinajstić information content (AvgIpc) is 2.81. The molecule has 1 aromatic heterocycles. The Labute approximate surface area is 123 Å². The Balaban J connectivity index is 2.10. The molecule has 0 fully saturated rings. The van der Waals surface area contributed by atoms with E-state index < -0.39 is 0 Å². The molecule has 4 nitrogen and oxygen atoms in total. The van der Waals surface area contributed by atoms with Crippen molar-refractivity contribution in [3.8, 4) is 5.75 Å². The number of anilines is 1. The van der Waals surface area contributed by atoms with E-state index >= 15 is 0 Å². The van der Waals surface area contributed by atoms with Crippen LogP contribution in [0.15, 0.2) is 34.1 Å². The van der Waals surface area contributed by atoms with E-state index in [-0.39, 0.29) is 5.91 Å². The van der Waals surface area contributed by atoms with Crippen molar-refractivity contribution in [1.82, 2.24) is 5.32 Å². The molecule has 2 aromatic rings. The van der Waals surface area contributed by atoms with E-state index in [2.05, 4.69) is 21.2 Å². The van der Waals surface area contributed by atoms with Crippen molar-refractivity contribution in [3.05, 3.63) is 44.6 Å². The number of methoxy groups -OCH3 is 1. The SMILES string of the molecule is COc1c(N)cccc1C(=O)NCc1cc(Br)cs1. The van der Waals surface area contributed by atoms with Crippen molar-refractivity contribution >= 4 is 38.9 Å². The van der Waals surface area contributed by atoms with Crippen molar-refractivity contribution in [3.63, 3.8) is 0 Å². The molecule has 0 radical (unpaired) electrons. The molecule has 0 bridgehead atoms. The summed E-state index contributed by atoms with van der Waals surface area (Å²) in [5, 5.41) is 4.82. The first-order valence-electron chi connectivity index (χ1n) is 5.55. The van der Waals surface area contributed by atoms with Crippen LogP contribution < -0.4 is 15.8 Å². The summed E-state index contributed by atoms with van der Waals surface area (Å²) in [6, 6.07) is 7.09. The maximum Gasteiger partial charge on any atom is 0.255 e. The lowest BCUT2D eigenvalue weighted by Gasteiger charge is -2.10. The van der Waals surface area contributed by atoms with E-state index in [9.17, 15) is 4.79 Å². The second-order valence-electron chi connectivity index (χ2n) is 3.84. The summed E-state index contributed by atoms with van der Waals surface area (Å²) in [6.45, 7) is 0.479. The molecule has 100 valence electrons. The molecular weight excluding hydrogens is 328 g/mol. The first-order chi connectivity index (χ1) is 9.11. The van der Waals surface area contributed by atoms with Crippen LogP contribution in [0.2, 0.25) is 0 Å². The number of ether oxygens (including phenoxy) is 1. The summed E-state index contributed by atoms with van der Waals surface area (Å²) in [4.78, 5) is 13.2. The zero-order chi connectivity index (χ0) is 13.8. The van der Waals surface area contributed by atoms with Crippen LogP contribution in [-0.2, 0) is 6.54 Å². The lowest BCUT2D eigenvalue weighted by molar-refractivity contribution is 0.0948. The third-order valence-corrected chi connectivity index (χ3v) is 4.24. The van der Waals surface area contributed by atoms with Crippen molar-refractivity contribution in [1.29, 1.82) is 0 Å². The van der Waals surface area contributed by atoms with Crippen LogP contribution in [0.3, 0.4) is 0 Å². The van der Waals surface area contributed by atoms with E-state index in [1.807, 2.05) is 11.4 Å². The minimum atomic E-state index is -0.200. The predicted octanol–water partition coefficient (Wildman–Crippen LogP) is 3.03. The van der Waals surface area contributed by atoms with Gasteiger partial charge in [-0.25, -0.2) is 0 Å². The Morgan fingerprint density at radius 2 is 2.32 bits per heavy atom. The topological polar surface area (TPSA) is 64.3 Å². The predicted molar refractivity (Wildman–Crippen MR) is 80.6 cm³/mol. The van der Waals surface area contributed by atoms with Gasteiger partial charge in [-0.15, -0.1) is 11.3 Å². The summed E-state index contributed by atoms with van der Waals surface area (Å²) < 4.78 is 6.18. The molecule has 0 aliphatic carbocycles. The van der Waals surface area contributed by atoms with Crippen LogP contribution >= 0.6 is 27.3 Å². The zero-order valence-corrected chi connectivity index (χ0v) is 12.7. The van der Waals surface area contributed by atoms with Crippen LogP contribution in [0.25, 0.3) is 0 Å². The largest absolute Gasteiger partial charge is 0.494 e. The molecule has 1 aromatic carbocycles. The molecule has 2 rings (SSSR count). The van der Waals surface area contributed by atoms with Gasteiger partial charge >= 0.3 is 0 Å². The van der Waals surface area contributed by atoms with Crippen LogP contribution in [-0.4, -0.2) is 13.0 Å². The van der Waals surface area contributed by atoms with Gasteiger partial charge in [0.05, 0.1) is 24.9 Å². The molecule has 3 N–H and O–H groups in total. The summed E-state index contributed by atoms with van der Waals surface area (Å²) in [7, 11) is 1.50. The molecule has 0 spiro atoms. The van der Waals surface area contributed by atoms with Crippen molar-refractivity contribution < 1.29 is 9.53 Å². The summed E-state index contributed by atoms with van der Waals surface area (Å²) in [5.74, 6) is 0.209. The van der Waals surface area contributed by atoms with Gasteiger partial charge in [0, 0.05) is 14.7 Å². The molecule has 0 saturated heterocycles. The number of hydrogen-bond donors (Lipinski definition) is 2. The Morgan fingerprint density at radius 1 is 1.53 bits per heavy atom. The maximum atomic E-state index is 12.1. The van der Waals surface area contributed by atoms with Crippen molar-refractivity contribution in [2.24, 2.45) is 0 Å². The van der Waals surface area contributed by atoms with Crippen molar-refractivity contribution in [2.75, 3.05) is 12.8 Å².